The largest absolute Gasteiger partial charge is 0.507 e. The Balaban J connectivity index is 2.05. The highest BCUT2D eigenvalue weighted by Crippen LogP contribution is 2.27. The van der Waals surface area contributed by atoms with E-state index in [4.69, 9.17) is 0 Å². The molecule has 0 spiro atoms. The van der Waals surface area contributed by atoms with E-state index in [1.54, 1.807) is 12.1 Å². The van der Waals surface area contributed by atoms with Crippen molar-refractivity contribution < 1.29 is 5.11 Å². The molecule has 0 unspecified atom stereocenters. The minimum Gasteiger partial charge on any atom is -0.507 e. The molecule has 0 bridgehead atoms. The number of anilines is 1. The van der Waals surface area contributed by atoms with Crippen molar-refractivity contribution in [2.24, 2.45) is 5.10 Å². The highest BCUT2D eigenvalue weighted by atomic mass is 16.3. The van der Waals surface area contributed by atoms with Gasteiger partial charge in [-0.05, 0) is 31.2 Å². The molecule has 0 radical (unpaired) electrons. The second kappa shape index (κ2) is 4.74. The van der Waals surface area contributed by atoms with E-state index in [9.17, 15) is 5.11 Å². The van der Waals surface area contributed by atoms with Crippen LogP contribution in [0.2, 0.25) is 0 Å². The third-order valence-electron chi connectivity index (χ3n) is 3.21. The summed E-state index contributed by atoms with van der Waals surface area (Å²) in [5, 5.41) is 14.3. The number of rotatable bonds is 2. The van der Waals surface area contributed by atoms with Crippen LogP contribution < -0.4 is 10.3 Å². The maximum atomic E-state index is 10.0. The average Bonchev–Trinajstić information content (AvgIpc) is 2.82. The summed E-state index contributed by atoms with van der Waals surface area (Å²) in [5.41, 5.74) is 5.67. The van der Waals surface area contributed by atoms with Gasteiger partial charge in [-0.2, -0.15) is 5.10 Å². The van der Waals surface area contributed by atoms with Crippen molar-refractivity contribution in [2.45, 2.75) is 6.92 Å². The van der Waals surface area contributed by atoms with Crippen LogP contribution in [-0.2, 0) is 0 Å². The maximum Gasteiger partial charge on any atom is 0.170 e. The van der Waals surface area contributed by atoms with Crippen LogP contribution in [0.15, 0.2) is 66.0 Å². The number of hydrazone groups is 1. The lowest BCUT2D eigenvalue weighted by Crippen LogP contribution is -2.27. The number of para-hydroxylation sites is 1. The number of amidine groups is 1. The highest BCUT2D eigenvalue weighted by molar-refractivity contribution is 6.14. The van der Waals surface area contributed by atoms with Gasteiger partial charge in [0, 0.05) is 5.69 Å². The molecule has 0 aliphatic carbocycles. The molecule has 4 nitrogen and oxygen atoms in total. The number of hydrogen-bond donors (Lipinski definition) is 2. The molecule has 2 aromatic carbocycles. The van der Waals surface area contributed by atoms with Gasteiger partial charge in [0.1, 0.15) is 11.6 Å². The van der Waals surface area contributed by atoms with Crippen molar-refractivity contribution in [1.82, 2.24) is 5.43 Å². The fourth-order valence-corrected chi connectivity index (χ4v) is 2.16. The number of nitrogens with zero attached hydrogens (tertiary/aromatic N) is 2. The predicted molar refractivity (Wildman–Crippen MR) is 80.6 cm³/mol. The summed E-state index contributed by atoms with van der Waals surface area (Å²) in [5.74, 6) is 1.49. The van der Waals surface area contributed by atoms with Gasteiger partial charge >= 0.3 is 0 Å². The van der Waals surface area contributed by atoms with Gasteiger partial charge in [0.25, 0.3) is 0 Å². The first-order valence-corrected chi connectivity index (χ1v) is 6.34. The number of nitrogens with one attached hydrogen (secondary N) is 1. The summed E-state index contributed by atoms with van der Waals surface area (Å²) in [4.78, 5) is 1.88. The van der Waals surface area contributed by atoms with Gasteiger partial charge in [-0.25, -0.2) is 0 Å². The van der Waals surface area contributed by atoms with Gasteiger partial charge in [-0.3, -0.25) is 10.3 Å². The lowest BCUT2D eigenvalue weighted by atomic mass is 10.1. The van der Waals surface area contributed by atoms with Crippen molar-refractivity contribution in [3.05, 3.63) is 72.1 Å². The van der Waals surface area contributed by atoms with Gasteiger partial charge in [0.05, 0.1) is 5.56 Å². The molecule has 0 saturated carbocycles. The van der Waals surface area contributed by atoms with E-state index in [0.717, 1.165) is 5.69 Å². The fraction of sp³-hybridized carbons (Fsp3) is 0.0625. The molecule has 1 heterocycles. The number of aryl methyl sites for hydroxylation is 1. The number of benzene rings is 2. The number of hydrogen-bond acceptors (Lipinski definition) is 4. The Morgan fingerprint density at radius 1 is 1.10 bits per heavy atom. The predicted octanol–water partition coefficient (Wildman–Crippen LogP) is 2.94. The molecular weight excluding hydrogens is 250 g/mol. The summed E-state index contributed by atoms with van der Waals surface area (Å²) < 4.78 is 0. The first-order valence-electron chi connectivity index (χ1n) is 6.34. The van der Waals surface area contributed by atoms with Crippen molar-refractivity contribution in [2.75, 3.05) is 4.90 Å². The first-order chi connectivity index (χ1) is 9.66. The molecule has 0 atom stereocenters. The van der Waals surface area contributed by atoms with Crippen LogP contribution in [-0.4, -0.2) is 10.9 Å². The molecular formula is C16H15N3O. The Hall–Kier alpha value is -2.75. The molecule has 1 aliphatic rings. The van der Waals surface area contributed by atoms with Gasteiger partial charge in [0.15, 0.2) is 5.84 Å². The first kappa shape index (κ1) is 12.3. The van der Waals surface area contributed by atoms with E-state index in [1.165, 1.54) is 5.56 Å². The minimum atomic E-state index is 0.194. The second-order valence-electron chi connectivity index (χ2n) is 4.68. The average molecular weight is 265 g/mol. The van der Waals surface area contributed by atoms with Gasteiger partial charge in [-0.1, -0.05) is 36.4 Å². The molecule has 0 saturated heterocycles. The van der Waals surface area contributed by atoms with Crippen molar-refractivity contribution in [1.29, 1.82) is 0 Å². The Kier molecular flexibility index (Phi) is 2.91. The lowest BCUT2D eigenvalue weighted by molar-refractivity contribution is 0.474. The molecule has 20 heavy (non-hydrogen) atoms. The third kappa shape index (κ3) is 2.01. The van der Waals surface area contributed by atoms with Crippen LogP contribution in [0, 0.1) is 6.92 Å². The van der Waals surface area contributed by atoms with Crippen LogP contribution in [0.25, 0.3) is 0 Å². The normalized spacial score (nSPS) is 14.2. The highest BCUT2D eigenvalue weighted by Gasteiger charge is 2.25. The summed E-state index contributed by atoms with van der Waals surface area (Å²) >= 11 is 0. The lowest BCUT2D eigenvalue weighted by Gasteiger charge is -2.21. The number of phenols is 1. The van der Waals surface area contributed by atoms with Gasteiger partial charge in [-0.15, -0.1) is 0 Å². The van der Waals surface area contributed by atoms with E-state index in [-0.39, 0.29) is 5.75 Å². The Morgan fingerprint density at radius 2 is 1.80 bits per heavy atom. The van der Waals surface area contributed by atoms with Crippen molar-refractivity contribution >= 4 is 11.5 Å². The fourth-order valence-electron chi connectivity index (χ4n) is 2.16. The Labute approximate surface area is 117 Å². The molecule has 4 heteroatoms. The van der Waals surface area contributed by atoms with E-state index >= 15 is 0 Å². The Bertz CT molecular complexity index is 689. The quantitative estimate of drug-likeness (QED) is 0.877. The van der Waals surface area contributed by atoms with Crippen LogP contribution in [0.4, 0.5) is 5.69 Å². The van der Waals surface area contributed by atoms with Crippen molar-refractivity contribution in [3.8, 4) is 5.75 Å². The van der Waals surface area contributed by atoms with Crippen molar-refractivity contribution in [3.63, 3.8) is 0 Å². The zero-order chi connectivity index (χ0) is 14.1. The van der Waals surface area contributed by atoms with Crippen LogP contribution in [0.1, 0.15) is 11.1 Å². The summed E-state index contributed by atoms with van der Waals surface area (Å²) in [6.45, 7) is 6.00. The zero-order valence-electron chi connectivity index (χ0n) is 11.2. The standard InChI is InChI=1S/C16H15N3O/c1-11-7-9-13(10-8-11)19-12(2)17-18-16(19)14-5-3-4-6-15(14)20/h3-10,17,20H,2H2,1H3. The van der Waals surface area contributed by atoms with E-state index in [2.05, 4.69) is 17.1 Å². The summed E-state index contributed by atoms with van der Waals surface area (Å²) in [6.07, 6.45) is 0. The summed E-state index contributed by atoms with van der Waals surface area (Å²) in [6, 6.07) is 15.2. The van der Waals surface area contributed by atoms with Gasteiger partial charge in [0.2, 0.25) is 0 Å². The molecule has 100 valence electrons. The monoisotopic (exact) mass is 265 g/mol. The van der Waals surface area contributed by atoms with E-state index in [0.29, 0.717) is 17.2 Å². The van der Waals surface area contributed by atoms with Crippen LogP contribution >= 0.6 is 0 Å². The minimum absolute atomic E-state index is 0.194. The summed E-state index contributed by atoms with van der Waals surface area (Å²) in [7, 11) is 0. The number of aromatic hydroxyl groups is 1. The topological polar surface area (TPSA) is 47.9 Å². The number of phenolic OH excluding ortho intramolecular Hbond substituents is 1. The molecule has 0 amide bonds. The zero-order valence-corrected chi connectivity index (χ0v) is 11.2. The van der Waals surface area contributed by atoms with E-state index in [1.807, 2.05) is 48.2 Å². The smallest absolute Gasteiger partial charge is 0.170 e. The SMILES string of the molecule is C=C1NN=C(c2ccccc2O)N1c1ccc(C)cc1. The van der Waals surface area contributed by atoms with Gasteiger partial charge < -0.3 is 5.11 Å². The molecule has 0 aromatic heterocycles. The molecule has 1 aliphatic heterocycles. The van der Waals surface area contributed by atoms with E-state index < -0.39 is 0 Å². The molecule has 3 rings (SSSR count). The second-order valence-corrected chi connectivity index (χ2v) is 4.68. The molecule has 2 aromatic rings. The van der Waals surface area contributed by atoms with Crippen LogP contribution in [0.3, 0.4) is 0 Å². The molecule has 2 N–H and O–H groups in total. The van der Waals surface area contributed by atoms with Crippen LogP contribution in [0.5, 0.6) is 5.75 Å². The molecule has 0 fully saturated rings. The maximum absolute atomic E-state index is 10.0. The Morgan fingerprint density at radius 3 is 2.50 bits per heavy atom. The third-order valence-corrected chi connectivity index (χ3v) is 3.21.